The Morgan fingerprint density at radius 2 is 1.91 bits per heavy atom. The minimum Gasteiger partial charge on any atom is -0.496 e. The number of nitro groups is 1. The number of methoxy groups -OCH3 is 1. The summed E-state index contributed by atoms with van der Waals surface area (Å²) in [5.41, 5.74) is 0.961. The van der Waals surface area contributed by atoms with Crippen LogP contribution in [0.1, 0.15) is 15.9 Å². The number of ether oxygens (including phenoxy) is 2. The molecular weight excluding hydrogens is 286 g/mol. The van der Waals surface area contributed by atoms with E-state index in [0.29, 0.717) is 11.3 Å². The zero-order valence-electron chi connectivity index (χ0n) is 12.2. The predicted octanol–water partition coefficient (Wildman–Crippen LogP) is 3.17. The third-order valence-corrected chi connectivity index (χ3v) is 3.08. The van der Waals surface area contributed by atoms with E-state index in [1.54, 1.807) is 37.3 Å². The predicted molar refractivity (Wildman–Crippen MR) is 80.7 cm³/mol. The lowest BCUT2D eigenvalue weighted by Gasteiger charge is -2.09. The minimum absolute atomic E-state index is 0.0684. The monoisotopic (exact) mass is 301 g/mol. The van der Waals surface area contributed by atoms with Gasteiger partial charge in [0.25, 0.3) is 0 Å². The van der Waals surface area contributed by atoms with Gasteiger partial charge in [-0.05, 0) is 30.7 Å². The van der Waals surface area contributed by atoms with E-state index < -0.39 is 4.92 Å². The number of carbonyl (C=O) groups is 1. The lowest BCUT2D eigenvalue weighted by Crippen LogP contribution is -2.13. The molecule has 2 rings (SSSR count). The smallest absolute Gasteiger partial charge is 0.311 e. The maximum Gasteiger partial charge on any atom is 0.311 e. The molecule has 0 atom stereocenters. The van der Waals surface area contributed by atoms with E-state index in [0.717, 1.165) is 5.56 Å². The second-order valence-electron chi connectivity index (χ2n) is 4.64. The number of aryl methyl sites for hydroxylation is 1. The number of nitrogens with zero attached hydrogens (tertiary/aromatic N) is 1. The van der Waals surface area contributed by atoms with Gasteiger partial charge in [-0.3, -0.25) is 14.9 Å². The fourth-order valence-corrected chi connectivity index (χ4v) is 1.99. The zero-order valence-corrected chi connectivity index (χ0v) is 12.2. The minimum atomic E-state index is -0.532. The molecule has 0 N–H and O–H groups in total. The van der Waals surface area contributed by atoms with Gasteiger partial charge in [-0.1, -0.05) is 18.2 Å². The molecule has 114 valence electrons. The van der Waals surface area contributed by atoms with Crippen molar-refractivity contribution in [2.45, 2.75) is 6.92 Å². The van der Waals surface area contributed by atoms with E-state index in [-0.39, 0.29) is 23.8 Å². The Morgan fingerprint density at radius 3 is 2.59 bits per heavy atom. The van der Waals surface area contributed by atoms with Gasteiger partial charge < -0.3 is 9.47 Å². The first-order valence-electron chi connectivity index (χ1n) is 6.57. The molecule has 0 saturated heterocycles. The van der Waals surface area contributed by atoms with Gasteiger partial charge in [-0.15, -0.1) is 0 Å². The summed E-state index contributed by atoms with van der Waals surface area (Å²) < 4.78 is 10.4. The zero-order chi connectivity index (χ0) is 16.1. The van der Waals surface area contributed by atoms with Crippen LogP contribution in [-0.4, -0.2) is 24.4 Å². The summed E-state index contributed by atoms with van der Waals surface area (Å²) >= 11 is 0. The lowest BCUT2D eigenvalue weighted by molar-refractivity contribution is -0.385. The number of nitro benzene ring substituents is 1. The van der Waals surface area contributed by atoms with Crippen LogP contribution in [0.2, 0.25) is 0 Å². The highest BCUT2D eigenvalue weighted by molar-refractivity contribution is 5.99. The summed E-state index contributed by atoms with van der Waals surface area (Å²) in [4.78, 5) is 22.6. The van der Waals surface area contributed by atoms with Crippen molar-refractivity contribution in [1.29, 1.82) is 0 Å². The molecule has 0 heterocycles. The Kier molecular flexibility index (Phi) is 4.73. The summed E-state index contributed by atoms with van der Waals surface area (Å²) in [6.45, 7) is 1.45. The Morgan fingerprint density at radius 1 is 1.18 bits per heavy atom. The molecule has 0 amide bonds. The van der Waals surface area contributed by atoms with Gasteiger partial charge in [0.2, 0.25) is 5.78 Å². The maximum atomic E-state index is 12.2. The average Bonchev–Trinajstić information content (AvgIpc) is 2.53. The van der Waals surface area contributed by atoms with E-state index in [2.05, 4.69) is 0 Å². The molecular formula is C16H15NO5. The molecule has 0 aliphatic rings. The molecule has 2 aromatic rings. The highest BCUT2D eigenvalue weighted by Crippen LogP contribution is 2.28. The molecule has 0 saturated carbocycles. The van der Waals surface area contributed by atoms with Crippen LogP contribution in [0.4, 0.5) is 5.69 Å². The molecule has 0 bridgehead atoms. The highest BCUT2D eigenvalue weighted by Gasteiger charge is 2.18. The topological polar surface area (TPSA) is 78.7 Å². The number of rotatable bonds is 6. The van der Waals surface area contributed by atoms with Crippen molar-refractivity contribution in [1.82, 2.24) is 0 Å². The fourth-order valence-electron chi connectivity index (χ4n) is 1.99. The number of carbonyl (C=O) groups excluding carboxylic acids is 1. The first-order valence-corrected chi connectivity index (χ1v) is 6.57. The van der Waals surface area contributed by atoms with Gasteiger partial charge in [0.1, 0.15) is 5.75 Å². The Bertz CT molecular complexity index is 711. The number of para-hydroxylation sites is 1. The molecule has 0 aliphatic carbocycles. The number of benzene rings is 2. The van der Waals surface area contributed by atoms with Gasteiger partial charge in [0.15, 0.2) is 12.4 Å². The van der Waals surface area contributed by atoms with E-state index in [1.165, 1.54) is 19.2 Å². The Hall–Kier alpha value is -2.89. The number of ketones is 1. The first kappa shape index (κ1) is 15.5. The summed E-state index contributed by atoms with van der Waals surface area (Å²) in [6.07, 6.45) is 0. The Balaban J connectivity index is 2.16. The molecule has 0 aromatic heterocycles. The molecule has 0 fully saturated rings. The largest absolute Gasteiger partial charge is 0.496 e. The molecule has 0 spiro atoms. The van der Waals surface area contributed by atoms with Gasteiger partial charge >= 0.3 is 5.69 Å². The summed E-state index contributed by atoms with van der Waals surface area (Å²) in [7, 11) is 1.47. The average molecular weight is 301 g/mol. The standard InChI is InChI=1S/C16H15NO5/c1-11-7-8-16(13(9-11)17(19)20)22-10-14(18)12-5-3-4-6-15(12)21-2/h3-9H,10H2,1-2H3. The lowest BCUT2D eigenvalue weighted by atomic mass is 10.1. The van der Waals surface area contributed by atoms with Crippen LogP contribution in [0.5, 0.6) is 11.5 Å². The summed E-state index contributed by atoms with van der Waals surface area (Å²) in [5.74, 6) is 0.195. The van der Waals surface area contributed by atoms with Crippen molar-refractivity contribution in [3.63, 3.8) is 0 Å². The summed E-state index contributed by atoms with van der Waals surface area (Å²) in [6, 6.07) is 11.3. The SMILES string of the molecule is COc1ccccc1C(=O)COc1ccc(C)cc1[N+](=O)[O-]. The van der Waals surface area contributed by atoms with Crippen LogP contribution in [0.15, 0.2) is 42.5 Å². The van der Waals surface area contributed by atoms with Crippen LogP contribution in [-0.2, 0) is 0 Å². The van der Waals surface area contributed by atoms with E-state index in [1.807, 2.05) is 0 Å². The van der Waals surface area contributed by atoms with Gasteiger partial charge in [-0.2, -0.15) is 0 Å². The highest BCUT2D eigenvalue weighted by atomic mass is 16.6. The van der Waals surface area contributed by atoms with Crippen molar-refractivity contribution in [2.75, 3.05) is 13.7 Å². The van der Waals surface area contributed by atoms with Crippen LogP contribution in [0.25, 0.3) is 0 Å². The van der Waals surface area contributed by atoms with E-state index in [9.17, 15) is 14.9 Å². The van der Waals surface area contributed by atoms with Crippen molar-refractivity contribution >= 4 is 11.5 Å². The number of hydrogen-bond acceptors (Lipinski definition) is 5. The third kappa shape index (κ3) is 3.41. The number of hydrogen-bond donors (Lipinski definition) is 0. The van der Waals surface area contributed by atoms with Crippen LogP contribution in [0, 0.1) is 17.0 Å². The first-order chi connectivity index (χ1) is 10.5. The van der Waals surface area contributed by atoms with Crippen LogP contribution >= 0.6 is 0 Å². The molecule has 6 nitrogen and oxygen atoms in total. The van der Waals surface area contributed by atoms with Crippen LogP contribution < -0.4 is 9.47 Å². The van der Waals surface area contributed by atoms with Crippen molar-refractivity contribution in [3.05, 3.63) is 63.7 Å². The maximum absolute atomic E-state index is 12.2. The quantitative estimate of drug-likeness (QED) is 0.465. The molecule has 22 heavy (non-hydrogen) atoms. The van der Waals surface area contributed by atoms with Gasteiger partial charge in [-0.25, -0.2) is 0 Å². The van der Waals surface area contributed by atoms with E-state index in [4.69, 9.17) is 9.47 Å². The van der Waals surface area contributed by atoms with Crippen molar-refractivity contribution < 1.29 is 19.2 Å². The van der Waals surface area contributed by atoms with Crippen molar-refractivity contribution in [3.8, 4) is 11.5 Å². The van der Waals surface area contributed by atoms with E-state index >= 15 is 0 Å². The second kappa shape index (κ2) is 6.71. The van der Waals surface area contributed by atoms with Gasteiger partial charge in [0.05, 0.1) is 17.6 Å². The third-order valence-electron chi connectivity index (χ3n) is 3.08. The molecule has 2 aromatic carbocycles. The normalized spacial score (nSPS) is 10.1. The molecule has 0 unspecified atom stereocenters. The fraction of sp³-hybridized carbons (Fsp3) is 0.188. The van der Waals surface area contributed by atoms with Gasteiger partial charge in [0, 0.05) is 6.07 Å². The second-order valence-corrected chi connectivity index (χ2v) is 4.64. The number of Topliss-reactive ketones (excluding diaryl/α,β-unsaturated/α-hetero) is 1. The molecule has 0 aliphatic heterocycles. The van der Waals surface area contributed by atoms with Crippen LogP contribution in [0.3, 0.4) is 0 Å². The molecule has 0 radical (unpaired) electrons. The van der Waals surface area contributed by atoms with Crippen molar-refractivity contribution in [2.24, 2.45) is 0 Å². The Labute approximate surface area is 127 Å². The molecule has 6 heteroatoms. The summed E-state index contributed by atoms with van der Waals surface area (Å²) in [5, 5.41) is 11.0.